The minimum Gasteiger partial charge on any atom is -0.546 e. The molecule has 0 bridgehead atoms. The Morgan fingerprint density at radius 2 is 1.87 bits per heavy atom. The SMILES string of the molecule is O=C([O-])COc1ccccc1C=NNC(=O)c1ccc(O)cc1. The largest absolute Gasteiger partial charge is 0.546 e. The molecule has 0 heterocycles. The van der Waals surface area contributed by atoms with Crippen LogP contribution in [-0.2, 0) is 4.79 Å². The quantitative estimate of drug-likeness (QED) is 0.588. The summed E-state index contributed by atoms with van der Waals surface area (Å²) in [4.78, 5) is 22.2. The van der Waals surface area contributed by atoms with E-state index in [2.05, 4.69) is 10.5 Å². The van der Waals surface area contributed by atoms with Gasteiger partial charge < -0.3 is 19.7 Å². The monoisotopic (exact) mass is 313 g/mol. The number of rotatable bonds is 6. The van der Waals surface area contributed by atoms with Crippen LogP contribution in [0.4, 0.5) is 0 Å². The van der Waals surface area contributed by atoms with Crippen LogP contribution in [0.15, 0.2) is 53.6 Å². The molecular weight excluding hydrogens is 300 g/mol. The Balaban J connectivity index is 2.01. The number of hydrogen-bond donors (Lipinski definition) is 2. The standard InChI is InChI=1S/C16H14N2O5/c19-13-7-5-11(6-8-13)16(22)18-17-9-12-3-1-2-4-14(12)23-10-15(20)21/h1-9,19H,10H2,(H,18,22)(H,20,21)/p-1. The second kappa shape index (κ2) is 7.60. The lowest BCUT2D eigenvalue weighted by molar-refractivity contribution is -0.307. The summed E-state index contributed by atoms with van der Waals surface area (Å²) in [6, 6.07) is 12.3. The van der Waals surface area contributed by atoms with Crippen LogP contribution in [0, 0.1) is 0 Å². The number of para-hydroxylation sites is 1. The Bertz CT molecular complexity index is 726. The van der Waals surface area contributed by atoms with E-state index in [0.29, 0.717) is 16.9 Å². The Labute approximate surface area is 131 Å². The van der Waals surface area contributed by atoms with Crippen molar-refractivity contribution in [2.75, 3.05) is 6.61 Å². The number of phenolic OH excluding ortho intramolecular Hbond substituents is 1. The number of amides is 1. The topological polar surface area (TPSA) is 111 Å². The van der Waals surface area contributed by atoms with Crippen molar-refractivity contribution in [3.05, 3.63) is 59.7 Å². The number of carboxylic acids is 1. The van der Waals surface area contributed by atoms with Crippen molar-refractivity contribution in [3.8, 4) is 11.5 Å². The van der Waals surface area contributed by atoms with Crippen molar-refractivity contribution in [2.45, 2.75) is 0 Å². The van der Waals surface area contributed by atoms with Crippen LogP contribution in [0.2, 0.25) is 0 Å². The zero-order valence-electron chi connectivity index (χ0n) is 11.9. The van der Waals surface area contributed by atoms with Crippen molar-refractivity contribution >= 4 is 18.1 Å². The van der Waals surface area contributed by atoms with Gasteiger partial charge in [-0.2, -0.15) is 5.10 Å². The zero-order valence-corrected chi connectivity index (χ0v) is 11.9. The molecule has 2 aromatic carbocycles. The summed E-state index contributed by atoms with van der Waals surface area (Å²) in [5.41, 5.74) is 3.16. The first-order chi connectivity index (χ1) is 11.1. The maximum Gasteiger partial charge on any atom is 0.271 e. The minimum atomic E-state index is -1.34. The predicted molar refractivity (Wildman–Crippen MR) is 80.1 cm³/mol. The fourth-order valence-electron chi connectivity index (χ4n) is 1.69. The van der Waals surface area contributed by atoms with E-state index in [1.54, 1.807) is 24.3 Å². The number of ether oxygens (including phenoxy) is 1. The third-order valence-electron chi connectivity index (χ3n) is 2.76. The third-order valence-corrected chi connectivity index (χ3v) is 2.76. The number of aromatic hydroxyl groups is 1. The van der Waals surface area contributed by atoms with Crippen molar-refractivity contribution in [1.29, 1.82) is 0 Å². The van der Waals surface area contributed by atoms with Crippen LogP contribution >= 0.6 is 0 Å². The summed E-state index contributed by atoms with van der Waals surface area (Å²) in [5.74, 6) is -1.42. The highest BCUT2D eigenvalue weighted by atomic mass is 16.5. The molecule has 2 aromatic rings. The molecule has 0 aliphatic heterocycles. The van der Waals surface area contributed by atoms with Crippen LogP contribution < -0.4 is 15.3 Å². The van der Waals surface area contributed by atoms with E-state index >= 15 is 0 Å². The molecule has 118 valence electrons. The van der Waals surface area contributed by atoms with Gasteiger partial charge in [-0.3, -0.25) is 4.79 Å². The second-order valence-electron chi connectivity index (χ2n) is 4.44. The average molecular weight is 313 g/mol. The van der Waals surface area contributed by atoms with Crippen molar-refractivity contribution in [3.63, 3.8) is 0 Å². The summed E-state index contributed by atoms with van der Waals surface area (Å²) in [6.45, 7) is -0.579. The van der Waals surface area contributed by atoms with E-state index in [-0.39, 0.29) is 5.75 Å². The van der Waals surface area contributed by atoms with Gasteiger partial charge in [0.15, 0.2) is 0 Å². The maximum absolute atomic E-state index is 11.8. The molecule has 0 unspecified atom stereocenters. The van der Waals surface area contributed by atoms with E-state index in [9.17, 15) is 14.7 Å². The van der Waals surface area contributed by atoms with Crippen molar-refractivity contribution in [2.24, 2.45) is 5.10 Å². The van der Waals surface area contributed by atoms with Gasteiger partial charge in [0.05, 0.1) is 12.2 Å². The number of hydrazone groups is 1. The van der Waals surface area contributed by atoms with Crippen molar-refractivity contribution in [1.82, 2.24) is 5.43 Å². The van der Waals surface area contributed by atoms with Gasteiger partial charge in [-0.05, 0) is 36.4 Å². The molecule has 0 spiro atoms. The Hall–Kier alpha value is -3.35. The molecule has 0 fully saturated rings. The highest BCUT2D eigenvalue weighted by Gasteiger charge is 2.04. The molecule has 2 N–H and O–H groups in total. The molecule has 0 saturated heterocycles. The summed E-state index contributed by atoms with van der Waals surface area (Å²) < 4.78 is 5.06. The van der Waals surface area contributed by atoms with Gasteiger partial charge in [0.2, 0.25) is 0 Å². The van der Waals surface area contributed by atoms with Gasteiger partial charge in [-0.1, -0.05) is 12.1 Å². The smallest absolute Gasteiger partial charge is 0.271 e. The lowest BCUT2D eigenvalue weighted by Gasteiger charge is -2.09. The van der Waals surface area contributed by atoms with E-state index in [0.717, 1.165) is 0 Å². The van der Waals surface area contributed by atoms with Gasteiger partial charge in [0.1, 0.15) is 18.1 Å². The van der Waals surface area contributed by atoms with Gasteiger partial charge in [-0.25, -0.2) is 5.43 Å². The number of carbonyl (C=O) groups excluding carboxylic acids is 2. The first-order valence-electron chi connectivity index (χ1n) is 6.60. The molecule has 0 aliphatic carbocycles. The molecule has 7 heteroatoms. The second-order valence-corrected chi connectivity index (χ2v) is 4.44. The number of carbonyl (C=O) groups is 2. The number of benzene rings is 2. The van der Waals surface area contributed by atoms with E-state index in [1.165, 1.54) is 30.5 Å². The number of hydrogen-bond acceptors (Lipinski definition) is 6. The molecule has 2 rings (SSSR count). The van der Waals surface area contributed by atoms with Crippen LogP contribution in [0.25, 0.3) is 0 Å². The Morgan fingerprint density at radius 3 is 2.57 bits per heavy atom. The number of aliphatic carboxylic acids is 1. The average Bonchev–Trinajstić information content (AvgIpc) is 2.54. The molecule has 0 saturated carbocycles. The Morgan fingerprint density at radius 1 is 1.17 bits per heavy atom. The number of nitrogens with one attached hydrogen (secondary N) is 1. The fraction of sp³-hybridized carbons (Fsp3) is 0.0625. The lowest BCUT2D eigenvalue weighted by atomic mass is 10.2. The van der Waals surface area contributed by atoms with E-state index < -0.39 is 18.5 Å². The Kier molecular flexibility index (Phi) is 5.30. The number of phenols is 1. The van der Waals surface area contributed by atoms with Crippen LogP contribution in [0.5, 0.6) is 11.5 Å². The predicted octanol–water partition coefficient (Wildman–Crippen LogP) is 0.285. The summed E-state index contributed by atoms with van der Waals surface area (Å²) in [6.07, 6.45) is 1.34. The maximum atomic E-state index is 11.8. The molecule has 1 amide bonds. The van der Waals surface area contributed by atoms with Crippen LogP contribution in [0.1, 0.15) is 15.9 Å². The highest BCUT2D eigenvalue weighted by molar-refractivity contribution is 5.95. The fourth-order valence-corrected chi connectivity index (χ4v) is 1.69. The number of carboxylic acid groups (broad SMARTS) is 1. The van der Waals surface area contributed by atoms with Crippen LogP contribution in [0.3, 0.4) is 0 Å². The van der Waals surface area contributed by atoms with Crippen LogP contribution in [-0.4, -0.2) is 29.8 Å². The molecule has 23 heavy (non-hydrogen) atoms. The van der Waals surface area contributed by atoms with E-state index in [1.807, 2.05) is 0 Å². The van der Waals surface area contributed by atoms with Gasteiger partial charge in [-0.15, -0.1) is 0 Å². The minimum absolute atomic E-state index is 0.0593. The molecule has 0 aliphatic rings. The van der Waals surface area contributed by atoms with Gasteiger partial charge >= 0.3 is 0 Å². The molecular formula is C16H13N2O5-. The number of nitrogens with zero attached hydrogens (tertiary/aromatic N) is 1. The molecule has 0 aromatic heterocycles. The first-order valence-corrected chi connectivity index (χ1v) is 6.60. The first kappa shape index (κ1) is 16.0. The molecule has 0 radical (unpaired) electrons. The molecule has 0 atom stereocenters. The van der Waals surface area contributed by atoms with Gasteiger partial charge in [0, 0.05) is 11.1 Å². The zero-order chi connectivity index (χ0) is 16.7. The summed E-state index contributed by atoms with van der Waals surface area (Å²) in [5, 5.41) is 23.4. The normalized spacial score (nSPS) is 10.4. The summed E-state index contributed by atoms with van der Waals surface area (Å²) in [7, 11) is 0. The third kappa shape index (κ3) is 4.85. The summed E-state index contributed by atoms with van der Waals surface area (Å²) >= 11 is 0. The lowest BCUT2D eigenvalue weighted by Crippen LogP contribution is -2.29. The van der Waals surface area contributed by atoms with Crippen molar-refractivity contribution < 1.29 is 24.5 Å². The highest BCUT2D eigenvalue weighted by Crippen LogP contribution is 2.15. The van der Waals surface area contributed by atoms with Gasteiger partial charge in [0.25, 0.3) is 5.91 Å². The van der Waals surface area contributed by atoms with E-state index in [4.69, 9.17) is 9.84 Å². The molecule has 7 nitrogen and oxygen atoms in total.